The number of aromatic nitrogens is 6. The second kappa shape index (κ2) is 17.2. The van der Waals surface area contributed by atoms with E-state index in [1.807, 2.05) is 36.5 Å². The summed E-state index contributed by atoms with van der Waals surface area (Å²) in [5, 5.41) is 11.6. The van der Waals surface area contributed by atoms with Gasteiger partial charge in [0.2, 0.25) is 11.8 Å². The van der Waals surface area contributed by atoms with Crippen molar-refractivity contribution in [1.29, 1.82) is 0 Å². The molecule has 8 rings (SSSR count). The molecule has 2 atom stereocenters. The van der Waals surface area contributed by atoms with Gasteiger partial charge in [0.15, 0.2) is 17.4 Å². The highest BCUT2D eigenvalue weighted by molar-refractivity contribution is 6.01. The lowest BCUT2D eigenvalue weighted by atomic mass is 10.0. The predicted molar refractivity (Wildman–Crippen MR) is 228 cm³/mol. The molecule has 0 bridgehead atoms. The monoisotopic (exact) mass is 828 g/mol. The number of piperidine rings is 2. The Morgan fingerprint density at radius 2 is 1.74 bits per heavy atom. The SMILES string of the molecule is CNC(=O)c1cnc(Nc2ccc(CN(C)C3CCCN(c4cccc5c4n(C)c(=O)n5C4CCC(=O)NC4=O)C3)cn2)cc1Nc1cccc(-c2ncc(F)cn2)c1OC. The molecule has 2 fully saturated rings. The van der Waals surface area contributed by atoms with Crippen LogP contribution in [-0.4, -0.2) is 92.0 Å². The summed E-state index contributed by atoms with van der Waals surface area (Å²) in [7, 11) is 6.87. The maximum absolute atomic E-state index is 13.6. The molecule has 2 saturated heterocycles. The van der Waals surface area contributed by atoms with Crippen LogP contribution in [0.1, 0.15) is 47.6 Å². The van der Waals surface area contributed by atoms with Gasteiger partial charge >= 0.3 is 5.69 Å². The zero-order chi connectivity index (χ0) is 42.8. The van der Waals surface area contributed by atoms with Gasteiger partial charge in [0, 0.05) is 64.7 Å². The second-order valence-electron chi connectivity index (χ2n) is 15.1. The molecular weight excluding hydrogens is 784 g/mol. The van der Waals surface area contributed by atoms with Gasteiger partial charge in [-0.3, -0.25) is 33.7 Å². The molecule has 0 aliphatic carbocycles. The highest BCUT2D eigenvalue weighted by atomic mass is 19.1. The number of halogens is 1. The minimum Gasteiger partial charge on any atom is -0.494 e. The van der Waals surface area contributed by atoms with E-state index in [0.717, 1.165) is 55.1 Å². The largest absolute Gasteiger partial charge is 0.494 e. The first-order valence-corrected chi connectivity index (χ1v) is 19.9. The quantitative estimate of drug-likeness (QED) is 0.125. The highest BCUT2D eigenvalue weighted by Crippen LogP contribution is 2.38. The molecule has 2 aliphatic rings. The van der Waals surface area contributed by atoms with E-state index in [9.17, 15) is 23.6 Å². The molecule has 0 saturated carbocycles. The number of hydrogen-bond donors (Lipinski definition) is 4. The number of pyridine rings is 2. The molecule has 3 amide bonds. The van der Waals surface area contributed by atoms with Gasteiger partial charge in [-0.1, -0.05) is 18.2 Å². The van der Waals surface area contributed by atoms with E-state index in [-0.39, 0.29) is 47.8 Å². The Labute approximate surface area is 350 Å². The normalized spacial score (nSPS) is 16.7. The third-order valence-corrected chi connectivity index (χ3v) is 11.2. The molecule has 18 heteroatoms. The number of fused-ring (bicyclic) bond motifs is 1. The smallest absolute Gasteiger partial charge is 0.329 e. The molecule has 0 spiro atoms. The second-order valence-corrected chi connectivity index (χ2v) is 15.1. The fraction of sp³-hybridized carbons (Fsp3) is 0.302. The molecule has 4 aromatic heterocycles. The van der Waals surface area contributed by atoms with Crippen molar-refractivity contribution in [3.05, 3.63) is 107 Å². The molecule has 0 radical (unpaired) electrons. The van der Waals surface area contributed by atoms with Crippen molar-refractivity contribution in [2.45, 2.75) is 44.3 Å². The molecule has 17 nitrogen and oxygen atoms in total. The number of nitrogens with one attached hydrogen (secondary N) is 4. The number of nitrogens with zero attached hydrogens (tertiary/aromatic N) is 8. The summed E-state index contributed by atoms with van der Waals surface area (Å²) in [6.45, 7) is 2.21. The number of anilines is 5. The van der Waals surface area contributed by atoms with E-state index >= 15 is 0 Å². The van der Waals surface area contributed by atoms with E-state index in [1.165, 1.54) is 24.9 Å². The lowest BCUT2D eigenvalue weighted by molar-refractivity contribution is -0.135. The Morgan fingerprint density at radius 3 is 2.48 bits per heavy atom. The van der Waals surface area contributed by atoms with Crippen molar-refractivity contribution in [3.8, 4) is 17.1 Å². The maximum Gasteiger partial charge on any atom is 0.329 e. The van der Waals surface area contributed by atoms with Crippen molar-refractivity contribution in [2.24, 2.45) is 7.05 Å². The summed E-state index contributed by atoms with van der Waals surface area (Å²) in [5.74, 6) is -0.0194. The van der Waals surface area contributed by atoms with Gasteiger partial charge in [-0.2, -0.15) is 0 Å². The third-order valence-electron chi connectivity index (χ3n) is 11.2. The van der Waals surface area contributed by atoms with Crippen LogP contribution in [0.25, 0.3) is 22.4 Å². The lowest BCUT2D eigenvalue weighted by Crippen LogP contribution is -2.46. The molecule has 6 aromatic rings. The number of ether oxygens (including phenoxy) is 1. The van der Waals surface area contributed by atoms with Crippen LogP contribution in [0.5, 0.6) is 5.75 Å². The van der Waals surface area contributed by atoms with Crippen LogP contribution in [0.3, 0.4) is 0 Å². The number of imidazole rings is 1. The Kier molecular flexibility index (Phi) is 11.4. The van der Waals surface area contributed by atoms with E-state index in [1.54, 1.807) is 35.9 Å². The number of rotatable bonds is 12. The van der Waals surface area contributed by atoms with Crippen molar-refractivity contribution in [3.63, 3.8) is 0 Å². The first-order valence-electron chi connectivity index (χ1n) is 19.9. The number of carbonyl (C=O) groups is 3. The number of imide groups is 1. The van der Waals surface area contributed by atoms with Crippen LogP contribution in [-0.2, 0) is 23.2 Å². The fourth-order valence-electron chi connectivity index (χ4n) is 8.15. The Bertz CT molecular complexity index is 2680. The Morgan fingerprint density at radius 1 is 0.951 bits per heavy atom. The average molecular weight is 829 g/mol. The van der Waals surface area contributed by atoms with E-state index in [4.69, 9.17) is 4.74 Å². The van der Waals surface area contributed by atoms with E-state index < -0.39 is 17.8 Å². The Hall–Kier alpha value is -7.21. The zero-order valence-corrected chi connectivity index (χ0v) is 34.1. The third kappa shape index (κ3) is 8.21. The lowest BCUT2D eigenvalue weighted by Gasteiger charge is -2.39. The van der Waals surface area contributed by atoms with Crippen molar-refractivity contribution in [1.82, 2.24) is 44.6 Å². The molecule has 2 unspecified atom stereocenters. The topological polar surface area (TPSA) is 194 Å². The number of hydrogen-bond acceptors (Lipinski definition) is 13. The Balaban J connectivity index is 0.957. The van der Waals surface area contributed by atoms with Crippen LogP contribution in [0.15, 0.2) is 84.2 Å². The summed E-state index contributed by atoms with van der Waals surface area (Å²) in [4.78, 5) is 73.0. The summed E-state index contributed by atoms with van der Waals surface area (Å²) >= 11 is 0. The van der Waals surface area contributed by atoms with Gasteiger partial charge in [0.05, 0.1) is 58.7 Å². The zero-order valence-electron chi connectivity index (χ0n) is 34.1. The molecular formula is C43H45FN12O5. The molecule has 6 heterocycles. The summed E-state index contributed by atoms with van der Waals surface area (Å²) < 4.78 is 22.4. The van der Waals surface area contributed by atoms with E-state index in [0.29, 0.717) is 46.4 Å². The first-order chi connectivity index (χ1) is 29.5. The molecule has 4 N–H and O–H groups in total. The summed E-state index contributed by atoms with van der Waals surface area (Å²) in [6.07, 6.45) is 7.87. The number of methoxy groups -OCH3 is 1. The first kappa shape index (κ1) is 40.6. The number of para-hydroxylation sites is 2. The number of amides is 3. The van der Waals surface area contributed by atoms with Crippen LogP contribution in [0.4, 0.5) is 33.1 Å². The van der Waals surface area contributed by atoms with Gasteiger partial charge in [0.1, 0.15) is 17.7 Å². The standard InChI is InChI=1S/C43H45FN12O5/c1-45-41(58)29-22-47-36(18-31(29)50-30-10-5-9-28(39(30)61-4)40-48-20-26(44)21-49-40)51-35-15-13-25(19-46-35)23-53(2)27-8-7-17-55(24-27)32-11-6-12-33-38(32)54(3)43(60)56(33)34-14-16-37(57)52-42(34)59/h5-6,9-13,15,18-22,27,34H,7-8,14,16-17,23-24H2,1-4H3,(H,45,58)(H,52,57,59)(H2,46,47,50,51). The van der Waals surface area contributed by atoms with Gasteiger partial charge in [0.25, 0.3) is 5.91 Å². The molecule has 2 aromatic carbocycles. The fourth-order valence-corrected chi connectivity index (χ4v) is 8.15. The van der Waals surface area contributed by atoms with Gasteiger partial charge in [-0.25, -0.2) is 29.1 Å². The minimum atomic E-state index is -0.745. The molecule has 2 aliphatic heterocycles. The number of likely N-dealkylation sites (N-methyl/N-ethyl adjacent to an activating group) is 1. The number of aryl methyl sites for hydroxylation is 1. The van der Waals surface area contributed by atoms with Gasteiger partial charge < -0.3 is 25.6 Å². The molecule has 314 valence electrons. The number of benzene rings is 2. The van der Waals surface area contributed by atoms with E-state index in [2.05, 4.69) is 58.1 Å². The van der Waals surface area contributed by atoms with Crippen molar-refractivity contribution < 1.29 is 23.5 Å². The summed E-state index contributed by atoms with van der Waals surface area (Å²) in [5.41, 5.74) is 4.87. The maximum atomic E-state index is 13.6. The van der Waals surface area contributed by atoms with Crippen LogP contribution < -0.4 is 36.6 Å². The van der Waals surface area contributed by atoms with Gasteiger partial charge in [-0.15, -0.1) is 0 Å². The van der Waals surface area contributed by atoms with Crippen LogP contribution in [0.2, 0.25) is 0 Å². The highest BCUT2D eigenvalue weighted by Gasteiger charge is 2.33. The summed E-state index contributed by atoms with van der Waals surface area (Å²) in [6, 6.07) is 16.2. The molecule has 61 heavy (non-hydrogen) atoms. The minimum absolute atomic E-state index is 0.184. The van der Waals surface area contributed by atoms with Crippen LogP contribution in [0, 0.1) is 5.82 Å². The average Bonchev–Trinajstić information content (AvgIpc) is 3.52. The van der Waals surface area contributed by atoms with Gasteiger partial charge in [-0.05, 0) is 62.2 Å². The number of carbonyl (C=O) groups excluding carboxylic acids is 3. The predicted octanol–water partition coefficient (Wildman–Crippen LogP) is 4.66. The van der Waals surface area contributed by atoms with Crippen molar-refractivity contribution >= 4 is 57.5 Å². The van der Waals surface area contributed by atoms with Crippen LogP contribution >= 0.6 is 0 Å². The van der Waals surface area contributed by atoms with Crippen molar-refractivity contribution in [2.75, 3.05) is 49.8 Å².